The highest BCUT2D eigenvalue weighted by Gasteiger charge is 1.84. The number of allylic oxidation sites excluding steroid dienone is 1. The zero-order valence-corrected chi connectivity index (χ0v) is 6.76. The van der Waals surface area contributed by atoms with Crippen LogP contribution in [0.25, 0.3) is 0 Å². The molecule has 0 aromatic heterocycles. The van der Waals surface area contributed by atoms with Gasteiger partial charge in [-0.2, -0.15) is 0 Å². The second-order valence-corrected chi connectivity index (χ2v) is 2.00. The van der Waals surface area contributed by atoms with E-state index in [0.29, 0.717) is 6.61 Å². The summed E-state index contributed by atoms with van der Waals surface area (Å²) in [6.45, 7) is 4.48. The molecular formula is C8H14O2. The first kappa shape index (κ1) is 9.24. The monoisotopic (exact) mass is 142 g/mol. The Morgan fingerprint density at radius 1 is 1.50 bits per heavy atom. The van der Waals surface area contributed by atoms with Gasteiger partial charge in [-0.15, -0.1) is 0 Å². The van der Waals surface area contributed by atoms with Crippen LogP contribution < -0.4 is 0 Å². The molecule has 0 radical (unpaired) electrons. The van der Waals surface area contributed by atoms with Crippen molar-refractivity contribution in [2.24, 2.45) is 0 Å². The lowest BCUT2D eigenvalue weighted by atomic mass is 10.4. The molecule has 0 rings (SSSR count). The fraction of sp³-hybridized carbons (Fsp3) is 0.500. The third-order valence-corrected chi connectivity index (χ3v) is 0.856. The van der Waals surface area contributed by atoms with Crippen molar-refractivity contribution in [3.05, 3.63) is 24.2 Å². The lowest BCUT2D eigenvalue weighted by Crippen LogP contribution is -1.89. The highest BCUT2D eigenvalue weighted by Crippen LogP contribution is 1.93. The van der Waals surface area contributed by atoms with Gasteiger partial charge in [0.1, 0.15) is 0 Å². The Morgan fingerprint density at radius 2 is 2.20 bits per heavy atom. The second kappa shape index (κ2) is 6.36. The molecule has 0 atom stereocenters. The lowest BCUT2D eigenvalue weighted by Gasteiger charge is -1.96. The summed E-state index contributed by atoms with van der Waals surface area (Å²) in [6.07, 6.45) is 5.12. The summed E-state index contributed by atoms with van der Waals surface area (Å²) >= 11 is 0. The van der Waals surface area contributed by atoms with Gasteiger partial charge in [0.25, 0.3) is 0 Å². The molecule has 0 aromatic rings. The van der Waals surface area contributed by atoms with Crippen LogP contribution in [0.5, 0.6) is 0 Å². The fourth-order valence-corrected chi connectivity index (χ4v) is 0.496. The van der Waals surface area contributed by atoms with E-state index >= 15 is 0 Å². The number of hydrogen-bond donors (Lipinski definition) is 0. The van der Waals surface area contributed by atoms with Crippen LogP contribution in [0.4, 0.5) is 0 Å². The molecule has 58 valence electrons. The molecule has 0 saturated carbocycles. The zero-order valence-electron chi connectivity index (χ0n) is 6.76. The van der Waals surface area contributed by atoms with Crippen LogP contribution in [0.1, 0.15) is 13.8 Å². The number of methoxy groups -OCH3 is 1. The van der Waals surface area contributed by atoms with E-state index in [-0.39, 0.29) is 0 Å². The first-order chi connectivity index (χ1) is 4.81. The fourth-order valence-electron chi connectivity index (χ4n) is 0.496. The van der Waals surface area contributed by atoms with Gasteiger partial charge in [-0.3, -0.25) is 0 Å². The van der Waals surface area contributed by atoms with Crippen LogP contribution in [0.3, 0.4) is 0 Å². The van der Waals surface area contributed by atoms with E-state index in [9.17, 15) is 0 Å². The summed E-state index contributed by atoms with van der Waals surface area (Å²) in [7, 11) is 1.66. The Bertz CT molecular complexity index is 125. The Morgan fingerprint density at radius 3 is 2.70 bits per heavy atom. The Labute approximate surface area is 62.1 Å². The molecule has 0 unspecified atom stereocenters. The van der Waals surface area contributed by atoms with Crippen LogP contribution in [0.2, 0.25) is 0 Å². The highest BCUT2D eigenvalue weighted by atomic mass is 16.5. The van der Waals surface area contributed by atoms with E-state index in [4.69, 9.17) is 9.47 Å². The minimum atomic E-state index is 0.623. The summed E-state index contributed by atoms with van der Waals surface area (Å²) in [5.41, 5.74) is 1.07. The molecule has 0 aliphatic rings. The standard InChI is InChI=1S/C8H14O2/c1-4-5-10-7-8(2)6-9-3/h4-5,7H,6H2,1-3H3/b5-4?,8-7-. The van der Waals surface area contributed by atoms with Crippen molar-refractivity contribution >= 4 is 0 Å². The summed E-state index contributed by atoms with van der Waals surface area (Å²) in [4.78, 5) is 0. The first-order valence-electron chi connectivity index (χ1n) is 3.22. The number of rotatable bonds is 4. The molecule has 0 amide bonds. The Balaban J connectivity index is 3.47. The maximum Gasteiger partial charge on any atom is 0.0913 e. The van der Waals surface area contributed by atoms with Gasteiger partial charge in [0.2, 0.25) is 0 Å². The van der Waals surface area contributed by atoms with E-state index < -0.39 is 0 Å². The van der Waals surface area contributed by atoms with Gasteiger partial charge in [-0.25, -0.2) is 0 Å². The van der Waals surface area contributed by atoms with Crippen molar-refractivity contribution in [3.63, 3.8) is 0 Å². The van der Waals surface area contributed by atoms with Gasteiger partial charge >= 0.3 is 0 Å². The van der Waals surface area contributed by atoms with Gasteiger partial charge in [-0.1, -0.05) is 6.08 Å². The van der Waals surface area contributed by atoms with E-state index in [1.54, 1.807) is 19.6 Å². The number of ether oxygens (including phenoxy) is 2. The molecule has 0 saturated heterocycles. The van der Waals surface area contributed by atoms with E-state index in [2.05, 4.69) is 0 Å². The summed E-state index contributed by atoms with van der Waals surface area (Å²) < 4.78 is 9.84. The van der Waals surface area contributed by atoms with Crippen molar-refractivity contribution in [2.75, 3.05) is 13.7 Å². The van der Waals surface area contributed by atoms with E-state index in [1.165, 1.54) is 0 Å². The second-order valence-electron chi connectivity index (χ2n) is 2.00. The highest BCUT2D eigenvalue weighted by molar-refractivity contribution is 4.93. The predicted octanol–water partition coefficient (Wildman–Crippen LogP) is 2.09. The average molecular weight is 142 g/mol. The molecule has 2 nitrogen and oxygen atoms in total. The molecule has 0 aliphatic heterocycles. The minimum absolute atomic E-state index is 0.623. The SMILES string of the molecule is CC=CO/C=C(/C)COC. The lowest BCUT2D eigenvalue weighted by molar-refractivity contribution is 0.222. The van der Waals surface area contributed by atoms with Gasteiger partial charge < -0.3 is 9.47 Å². The van der Waals surface area contributed by atoms with Gasteiger partial charge in [-0.05, 0) is 19.4 Å². The molecule has 0 aromatic carbocycles. The van der Waals surface area contributed by atoms with Gasteiger partial charge in [0.05, 0.1) is 19.1 Å². The van der Waals surface area contributed by atoms with Crippen molar-refractivity contribution in [3.8, 4) is 0 Å². The van der Waals surface area contributed by atoms with E-state index in [1.807, 2.05) is 19.9 Å². The smallest absolute Gasteiger partial charge is 0.0913 e. The molecule has 0 heterocycles. The molecule has 10 heavy (non-hydrogen) atoms. The summed E-state index contributed by atoms with van der Waals surface area (Å²) in [5.74, 6) is 0. The molecule has 0 N–H and O–H groups in total. The Kier molecular flexibility index (Phi) is 5.88. The van der Waals surface area contributed by atoms with Crippen LogP contribution in [0.15, 0.2) is 24.2 Å². The normalized spacial score (nSPS) is 12.5. The van der Waals surface area contributed by atoms with Crippen molar-refractivity contribution in [1.29, 1.82) is 0 Å². The summed E-state index contributed by atoms with van der Waals surface area (Å²) in [6, 6.07) is 0. The predicted molar refractivity (Wildman–Crippen MR) is 41.5 cm³/mol. The van der Waals surface area contributed by atoms with Crippen molar-refractivity contribution < 1.29 is 9.47 Å². The maximum absolute atomic E-state index is 4.97. The first-order valence-corrected chi connectivity index (χ1v) is 3.22. The van der Waals surface area contributed by atoms with Crippen LogP contribution in [-0.2, 0) is 9.47 Å². The minimum Gasteiger partial charge on any atom is -0.473 e. The molecule has 2 heteroatoms. The maximum atomic E-state index is 4.97. The van der Waals surface area contributed by atoms with Gasteiger partial charge in [0.15, 0.2) is 0 Å². The van der Waals surface area contributed by atoms with Gasteiger partial charge in [0, 0.05) is 7.11 Å². The molecule has 0 spiro atoms. The third-order valence-electron chi connectivity index (χ3n) is 0.856. The van der Waals surface area contributed by atoms with E-state index in [0.717, 1.165) is 5.57 Å². The van der Waals surface area contributed by atoms with Crippen LogP contribution in [-0.4, -0.2) is 13.7 Å². The average Bonchev–Trinajstić information content (AvgIpc) is 1.89. The molecule has 0 aliphatic carbocycles. The topological polar surface area (TPSA) is 18.5 Å². The number of hydrogen-bond acceptors (Lipinski definition) is 2. The zero-order chi connectivity index (χ0) is 7.82. The van der Waals surface area contributed by atoms with Crippen LogP contribution in [0, 0.1) is 0 Å². The van der Waals surface area contributed by atoms with Crippen molar-refractivity contribution in [1.82, 2.24) is 0 Å². The molecular weight excluding hydrogens is 128 g/mol. The van der Waals surface area contributed by atoms with Crippen molar-refractivity contribution in [2.45, 2.75) is 13.8 Å². The Hall–Kier alpha value is -0.760. The summed E-state index contributed by atoms with van der Waals surface area (Å²) in [5, 5.41) is 0. The molecule has 0 bridgehead atoms. The molecule has 0 fully saturated rings. The quantitative estimate of drug-likeness (QED) is 0.559. The van der Waals surface area contributed by atoms with Crippen LogP contribution >= 0.6 is 0 Å². The third kappa shape index (κ3) is 5.38. The largest absolute Gasteiger partial charge is 0.473 e.